The Morgan fingerprint density at radius 2 is 1.87 bits per heavy atom. The van der Waals surface area contributed by atoms with Gasteiger partial charge in [0.25, 0.3) is 0 Å². The van der Waals surface area contributed by atoms with E-state index in [1.807, 2.05) is 30.1 Å². The maximum absolute atomic E-state index is 12.0. The van der Waals surface area contributed by atoms with Gasteiger partial charge < -0.3 is 8.99 Å². The summed E-state index contributed by atoms with van der Waals surface area (Å²) in [6.07, 6.45) is 6.04. The van der Waals surface area contributed by atoms with E-state index in [0.29, 0.717) is 4.90 Å². The fourth-order valence-electron chi connectivity index (χ4n) is 4.97. The maximum Gasteiger partial charge on any atom is 0.192 e. The van der Waals surface area contributed by atoms with Crippen molar-refractivity contribution >= 4 is 29.9 Å². The highest BCUT2D eigenvalue weighted by Gasteiger charge is 2.51. The van der Waals surface area contributed by atoms with Gasteiger partial charge in [0.05, 0.1) is 16.0 Å². The molecule has 1 atom stereocenters. The van der Waals surface area contributed by atoms with E-state index in [4.69, 9.17) is 19.6 Å². The van der Waals surface area contributed by atoms with Crippen molar-refractivity contribution in [2.75, 3.05) is 18.6 Å². The summed E-state index contributed by atoms with van der Waals surface area (Å²) < 4.78 is 33.0. The molecule has 0 N–H and O–H groups in total. The van der Waals surface area contributed by atoms with Gasteiger partial charge in [-0.2, -0.15) is 11.8 Å². The molecule has 0 unspecified atom stereocenters. The first-order valence-electron chi connectivity index (χ1n) is 13.6. The van der Waals surface area contributed by atoms with Crippen LogP contribution in [-0.2, 0) is 32.6 Å². The number of sulfone groups is 1. The Morgan fingerprint density at radius 3 is 2.49 bits per heavy atom. The first-order valence-corrected chi connectivity index (χ1v) is 19.4. The average Bonchev–Trinajstić information content (AvgIpc) is 3.61. The van der Waals surface area contributed by atoms with Gasteiger partial charge in [0.2, 0.25) is 0 Å². The molecule has 3 heterocycles. The summed E-state index contributed by atoms with van der Waals surface area (Å²) in [6, 6.07) is 11.1. The van der Waals surface area contributed by atoms with Crippen molar-refractivity contribution in [1.29, 1.82) is 0 Å². The molecule has 3 aromatic rings. The fourth-order valence-corrected chi connectivity index (χ4v) is 7.99. The molecule has 0 saturated heterocycles. The Morgan fingerprint density at radius 1 is 1.13 bits per heavy atom. The van der Waals surface area contributed by atoms with Gasteiger partial charge in [-0.05, 0) is 61.7 Å². The summed E-state index contributed by atoms with van der Waals surface area (Å²) in [5.41, 5.74) is 2.53. The molecule has 39 heavy (non-hydrogen) atoms. The van der Waals surface area contributed by atoms with E-state index in [1.54, 1.807) is 18.2 Å². The van der Waals surface area contributed by atoms with Gasteiger partial charge in [-0.25, -0.2) is 8.42 Å². The lowest BCUT2D eigenvalue weighted by atomic mass is 9.95. The zero-order chi connectivity index (χ0) is 28.3. The van der Waals surface area contributed by atoms with E-state index < -0.39 is 18.2 Å². The van der Waals surface area contributed by atoms with Gasteiger partial charge >= 0.3 is 0 Å². The molecule has 1 fully saturated rings. The molecule has 1 saturated carbocycles. The number of benzene rings is 1. The van der Waals surface area contributed by atoms with Crippen LogP contribution in [0.1, 0.15) is 57.7 Å². The number of hydrogen-bond donors (Lipinski definition) is 0. The quantitative estimate of drug-likeness (QED) is 0.320. The topological polar surface area (TPSA) is 87.0 Å². The van der Waals surface area contributed by atoms with Crippen molar-refractivity contribution < 1.29 is 12.8 Å². The molecule has 2 aliphatic rings. The number of hydrogen-bond acceptors (Lipinski definition) is 7. The lowest BCUT2D eigenvalue weighted by Crippen LogP contribution is -2.45. The second-order valence-corrected chi connectivity index (χ2v) is 21.4. The third kappa shape index (κ3) is 5.62. The third-order valence-electron chi connectivity index (χ3n) is 8.72. The lowest BCUT2D eigenvalue weighted by Gasteiger charge is -2.39. The van der Waals surface area contributed by atoms with E-state index in [0.717, 1.165) is 66.6 Å². The van der Waals surface area contributed by atoms with Crippen molar-refractivity contribution in [2.45, 2.75) is 86.7 Å². The molecular formula is C29H40N4O3S2Si. The number of pyridine rings is 1. The minimum absolute atomic E-state index is 0.0332. The number of thioether (sulfide) groups is 1. The summed E-state index contributed by atoms with van der Waals surface area (Å²) in [5.74, 6) is 3.09. The molecule has 0 radical (unpaired) electrons. The Kier molecular flexibility index (Phi) is 7.18. The molecule has 1 aliphatic carbocycles. The molecule has 10 heteroatoms. The molecule has 0 bridgehead atoms. The highest BCUT2D eigenvalue weighted by atomic mass is 32.2. The predicted octanol–water partition coefficient (Wildman–Crippen LogP) is 5.89. The second kappa shape index (κ2) is 9.82. The van der Waals surface area contributed by atoms with Crippen molar-refractivity contribution in [3.63, 3.8) is 0 Å². The summed E-state index contributed by atoms with van der Waals surface area (Å²) in [6.45, 7) is 15.4. The molecule has 1 aromatic carbocycles. The van der Waals surface area contributed by atoms with Gasteiger partial charge in [-0.1, -0.05) is 39.0 Å². The van der Waals surface area contributed by atoms with Crippen LogP contribution < -0.4 is 0 Å². The van der Waals surface area contributed by atoms with E-state index in [9.17, 15) is 8.42 Å². The number of fused-ring (bicyclic) bond motifs is 1. The molecule has 210 valence electrons. The number of aromatic nitrogens is 4. The fraction of sp³-hybridized carbons (Fsp3) is 0.552. The van der Waals surface area contributed by atoms with Crippen LogP contribution in [0.5, 0.6) is 0 Å². The molecule has 0 spiro atoms. The van der Waals surface area contributed by atoms with E-state index in [2.05, 4.69) is 51.4 Å². The highest BCUT2D eigenvalue weighted by molar-refractivity contribution is 8.00. The van der Waals surface area contributed by atoms with Crippen LogP contribution in [0, 0.1) is 0 Å². The van der Waals surface area contributed by atoms with E-state index in [1.165, 1.54) is 6.26 Å². The van der Waals surface area contributed by atoms with E-state index in [-0.39, 0.29) is 15.2 Å². The van der Waals surface area contributed by atoms with Crippen LogP contribution in [0.4, 0.5) is 0 Å². The lowest BCUT2D eigenvalue weighted by molar-refractivity contribution is 0.252. The van der Waals surface area contributed by atoms with Crippen molar-refractivity contribution in [1.82, 2.24) is 19.7 Å². The Balaban J connectivity index is 1.37. The minimum Gasteiger partial charge on any atom is -0.415 e. The van der Waals surface area contributed by atoms with Crippen LogP contribution in [0.3, 0.4) is 0 Å². The van der Waals surface area contributed by atoms with Gasteiger partial charge in [0, 0.05) is 48.1 Å². The molecule has 1 aliphatic heterocycles. The second-order valence-electron chi connectivity index (χ2n) is 12.9. The van der Waals surface area contributed by atoms with Gasteiger partial charge in [-0.3, -0.25) is 4.98 Å². The summed E-state index contributed by atoms with van der Waals surface area (Å²) in [4.78, 5) is 5.04. The SMILES string of the molecule is CC(C)(C)[Si](C)(C)OC[C@@]1(C)Cc2nnc(C3(c4ccc(-c5cccc(S(C)(=O)=O)c5)nc4)CC3)n2CCS1. The highest BCUT2D eigenvalue weighted by Crippen LogP contribution is 2.53. The summed E-state index contributed by atoms with van der Waals surface area (Å²) in [5, 5.41) is 9.66. The standard InChI is InChI=1S/C29H40N4O3S2Si/c1-27(2,3)39(6,7)36-20-28(4)18-25-31-32-26(33(25)15-16-37-28)29(13-14-29)22-11-12-24(30-19-22)21-9-8-10-23(17-21)38(5,34)35/h8-12,17,19H,13-16,18,20H2,1-7H3/t28-/m1/s1. The summed E-state index contributed by atoms with van der Waals surface area (Å²) >= 11 is 1.99. The van der Waals surface area contributed by atoms with Gasteiger partial charge in [0.1, 0.15) is 11.6 Å². The van der Waals surface area contributed by atoms with Crippen LogP contribution >= 0.6 is 11.8 Å². The predicted molar refractivity (Wildman–Crippen MR) is 161 cm³/mol. The normalized spacial score (nSPS) is 21.3. The summed E-state index contributed by atoms with van der Waals surface area (Å²) in [7, 11) is -5.11. The van der Waals surface area contributed by atoms with Gasteiger partial charge in [0.15, 0.2) is 18.2 Å². The zero-order valence-corrected chi connectivity index (χ0v) is 26.7. The van der Waals surface area contributed by atoms with Crippen molar-refractivity contribution in [3.8, 4) is 11.3 Å². The molecule has 2 aromatic heterocycles. The van der Waals surface area contributed by atoms with Crippen LogP contribution in [0.2, 0.25) is 18.1 Å². The number of nitrogens with zero attached hydrogens (tertiary/aromatic N) is 4. The minimum atomic E-state index is -3.28. The third-order valence-corrected chi connectivity index (χ3v) is 15.7. The molecule has 0 amide bonds. The molecular weight excluding hydrogens is 545 g/mol. The first kappa shape index (κ1) is 28.5. The Labute approximate surface area is 238 Å². The smallest absolute Gasteiger partial charge is 0.192 e. The van der Waals surface area contributed by atoms with Crippen LogP contribution in [-0.4, -0.2) is 59.8 Å². The Bertz CT molecular complexity index is 1470. The van der Waals surface area contributed by atoms with Crippen molar-refractivity contribution in [3.05, 3.63) is 59.8 Å². The molecule has 5 rings (SSSR count). The first-order chi connectivity index (χ1) is 18.1. The monoisotopic (exact) mass is 584 g/mol. The van der Waals surface area contributed by atoms with Gasteiger partial charge in [-0.15, -0.1) is 10.2 Å². The van der Waals surface area contributed by atoms with Crippen LogP contribution in [0.15, 0.2) is 47.5 Å². The van der Waals surface area contributed by atoms with E-state index >= 15 is 0 Å². The maximum atomic E-state index is 12.0. The Hall–Kier alpha value is -2.01. The zero-order valence-electron chi connectivity index (χ0n) is 24.1. The number of rotatable bonds is 7. The van der Waals surface area contributed by atoms with Crippen molar-refractivity contribution in [2.24, 2.45) is 0 Å². The van der Waals surface area contributed by atoms with Crippen LogP contribution in [0.25, 0.3) is 11.3 Å². The largest absolute Gasteiger partial charge is 0.415 e. The molecule has 7 nitrogen and oxygen atoms in total. The average molecular weight is 585 g/mol.